The molecule has 1 amide bonds. The molecule has 0 aliphatic carbocycles. The van der Waals surface area contributed by atoms with Crippen LogP contribution in [-0.4, -0.2) is 33.7 Å². The molecule has 156 valence electrons. The highest BCUT2D eigenvalue weighted by molar-refractivity contribution is 6.30. The smallest absolute Gasteiger partial charge is 0.259 e. The van der Waals surface area contributed by atoms with Crippen molar-refractivity contribution in [2.75, 3.05) is 18.4 Å². The number of amides is 1. The van der Waals surface area contributed by atoms with E-state index in [4.69, 9.17) is 11.6 Å². The summed E-state index contributed by atoms with van der Waals surface area (Å²) in [7, 11) is 0. The molecule has 0 bridgehead atoms. The van der Waals surface area contributed by atoms with Crippen LogP contribution in [0.4, 0.5) is 5.69 Å². The van der Waals surface area contributed by atoms with E-state index in [-0.39, 0.29) is 11.8 Å². The molecular weight excluding hydrogens is 396 g/mol. The number of benzene rings is 2. The van der Waals surface area contributed by atoms with E-state index in [9.17, 15) is 4.79 Å². The molecule has 0 atom stereocenters. The third kappa shape index (κ3) is 4.58. The summed E-state index contributed by atoms with van der Waals surface area (Å²) in [4.78, 5) is 15.5. The molecule has 0 unspecified atom stereocenters. The number of likely N-dealkylation sites (tertiary alicyclic amines) is 1. The molecule has 2 aromatic carbocycles. The van der Waals surface area contributed by atoms with Crippen molar-refractivity contribution in [1.29, 1.82) is 0 Å². The number of aromatic nitrogens is 2. The number of nitrogens with one attached hydrogen (secondary N) is 1. The van der Waals surface area contributed by atoms with Crippen molar-refractivity contribution < 1.29 is 4.79 Å². The van der Waals surface area contributed by atoms with Crippen LogP contribution in [0.25, 0.3) is 5.69 Å². The summed E-state index contributed by atoms with van der Waals surface area (Å²) < 4.78 is 1.81. The highest BCUT2D eigenvalue weighted by atomic mass is 35.5. The highest BCUT2D eigenvalue weighted by Gasteiger charge is 2.21. The molecular formula is C24H27ClN4O. The van der Waals surface area contributed by atoms with E-state index >= 15 is 0 Å². The van der Waals surface area contributed by atoms with Crippen LogP contribution in [0.15, 0.2) is 54.7 Å². The molecule has 1 fully saturated rings. The Labute approximate surface area is 182 Å². The normalized spacial score (nSPS) is 14.4. The monoisotopic (exact) mass is 422 g/mol. The summed E-state index contributed by atoms with van der Waals surface area (Å²) in [6.07, 6.45) is 4.22. The van der Waals surface area contributed by atoms with Gasteiger partial charge < -0.3 is 5.32 Å². The minimum absolute atomic E-state index is 0.131. The Hall–Kier alpha value is -2.63. The fraction of sp³-hybridized carbons (Fsp3) is 0.333. The molecule has 1 aliphatic rings. The fourth-order valence-corrected chi connectivity index (χ4v) is 4.09. The van der Waals surface area contributed by atoms with Crippen molar-refractivity contribution >= 4 is 23.2 Å². The standard InChI is InChI=1S/C24H27ClN4O/c1-17(2)23-22(15-26-29(23)21-11-7-19(25)8-12-21)24(30)27-20-9-5-18(6-10-20)16-28-13-3-4-14-28/h5-12,15,17H,3-4,13-14,16H2,1-2H3,(H,27,30). The molecule has 1 aliphatic heterocycles. The highest BCUT2D eigenvalue weighted by Crippen LogP contribution is 2.25. The fourth-order valence-electron chi connectivity index (χ4n) is 3.97. The molecule has 30 heavy (non-hydrogen) atoms. The first-order chi connectivity index (χ1) is 14.5. The summed E-state index contributed by atoms with van der Waals surface area (Å²) in [5.41, 5.74) is 4.41. The molecule has 6 heteroatoms. The largest absolute Gasteiger partial charge is 0.322 e. The molecule has 1 saturated heterocycles. The topological polar surface area (TPSA) is 50.2 Å². The van der Waals surface area contributed by atoms with Crippen molar-refractivity contribution in [2.24, 2.45) is 0 Å². The van der Waals surface area contributed by atoms with E-state index in [1.807, 2.05) is 41.1 Å². The molecule has 0 radical (unpaired) electrons. The van der Waals surface area contributed by atoms with Gasteiger partial charge in [-0.3, -0.25) is 9.69 Å². The minimum atomic E-state index is -0.147. The first-order valence-electron chi connectivity index (χ1n) is 10.5. The number of rotatable bonds is 6. The Morgan fingerprint density at radius 1 is 1.07 bits per heavy atom. The second-order valence-corrected chi connectivity index (χ2v) is 8.56. The molecule has 3 aromatic rings. The van der Waals surface area contributed by atoms with Crippen molar-refractivity contribution in [3.05, 3.63) is 76.6 Å². The summed E-state index contributed by atoms with van der Waals surface area (Å²) in [6.45, 7) is 7.45. The van der Waals surface area contributed by atoms with Gasteiger partial charge >= 0.3 is 0 Å². The summed E-state index contributed by atoms with van der Waals surface area (Å²) >= 11 is 6.01. The molecule has 0 saturated carbocycles. The number of carbonyl (C=O) groups is 1. The third-order valence-electron chi connectivity index (χ3n) is 5.49. The van der Waals surface area contributed by atoms with Gasteiger partial charge in [-0.15, -0.1) is 0 Å². The van der Waals surface area contributed by atoms with Gasteiger partial charge in [0.1, 0.15) is 0 Å². The lowest BCUT2D eigenvalue weighted by Gasteiger charge is -2.15. The van der Waals surface area contributed by atoms with Crippen molar-refractivity contribution in [1.82, 2.24) is 14.7 Å². The van der Waals surface area contributed by atoms with Gasteiger partial charge in [0.2, 0.25) is 0 Å². The maximum atomic E-state index is 13.0. The Kier molecular flexibility index (Phi) is 6.21. The van der Waals surface area contributed by atoms with E-state index in [2.05, 4.69) is 41.3 Å². The Bertz CT molecular complexity index is 1000. The number of halogens is 1. The first-order valence-corrected chi connectivity index (χ1v) is 10.9. The average molecular weight is 423 g/mol. The van der Waals surface area contributed by atoms with Gasteiger partial charge in [0.05, 0.1) is 23.1 Å². The van der Waals surface area contributed by atoms with E-state index in [0.29, 0.717) is 10.6 Å². The lowest BCUT2D eigenvalue weighted by molar-refractivity contribution is 0.102. The maximum Gasteiger partial charge on any atom is 0.259 e. The van der Waals surface area contributed by atoms with Crippen LogP contribution in [0.2, 0.25) is 5.02 Å². The van der Waals surface area contributed by atoms with Crippen molar-refractivity contribution in [2.45, 2.75) is 39.2 Å². The van der Waals surface area contributed by atoms with Gasteiger partial charge in [-0.25, -0.2) is 4.68 Å². The van der Waals surface area contributed by atoms with Gasteiger partial charge in [-0.2, -0.15) is 5.10 Å². The van der Waals surface area contributed by atoms with Crippen LogP contribution in [0.3, 0.4) is 0 Å². The van der Waals surface area contributed by atoms with Crippen LogP contribution in [0.5, 0.6) is 0 Å². The minimum Gasteiger partial charge on any atom is -0.322 e. The van der Waals surface area contributed by atoms with Gasteiger partial charge in [0.15, 0.2) is 0 Å². The zero-order valence-electron chi connectivity index (χ0n) is 17.4. The lowest BCUT2D eigenvalue weighted by atomic mass is 10.0. The lowest BCUT2D eigenvalue weighted by Crippen LogP contribution is -2.18. The number of hydrogen-bond donors (Lipinski definition) is 1. The van der Waals surface area contributed by atoms with Crippen molar-refractivity contribution in [3.63, 3.8) is 0 Å². The van der Waals surface area contributed by atoms with Crippen molar-refractivity contribution in [3.8, 4) is 5.69 Å². The summed E-state index contributed by atoms with van der Waals surface area (Å²) in [5.74, 6) is -0.0158. The maximum absolute atomic E-state index is 13.0. The number of hydrogen-bond acceptors (Lipinski definition) is 3. The van der Waals surface area contributed by atoms with Crippen LogP contribution < -0.4 is 5.32 Å². The molecule has 5 nitrogen and oxygen atoms in total. The van der Waals surface area contributed by atoms with E-state index in [0.717, 1.165) is 23.6 Å². The Morgan fingerprint density at radius 2 is 1.73 bits per heavy atom. The van der Waals surface area contributed by atoms with Crippen LogP contribution in [0.1, 0.15) is 54.2 Å². The summed E-state index contributed by atoms with van der Waals surface area (Å²) in [6, 6.07) is 15.6. The average Bonchev–Trinajstić information content (AvgIpc) is 3.40. The van der Waals surface area contributed by atoms with Crippen LogP contribution in [-0.2, 0) is 6.54 Å². The Morgan fingerprint density at radius 3 is 2.37 bits per heavy atom. The number of carbonyl (C=O) groups excluding carboxylic acids is 1. The summed E-state index contributed by atoms with van der Waals surface area (Å²) in [5, 5.41) is 8.17. The quantitative estimate of drug-likeness (QED) is 0.570. The van der Waals surface area contributed by atoms with Gasteiger partial charge in [0, 0.05) is 17.3 Å². The third-order valence-corrected chi connectivity index (χ3v) is 5.74. The molecule has 0 spiro atoms. The zero-order valence-corrected chi connectivity index (χ0v) is 18.2. The molecule has 1 N–H and O–H groups in total. The van der Waals surface area contributed by atoms with E-state index in [1.165, 1.54) is 31.5 Å². The second kappa shape index (κ2) is 9.02. The second-order valence-electron chi connectivity index (χ2n) is 8.12. The molecule has 1 aromatic heterocycles. The van der Waals surface area contributed by atoms with Gasteiger partial charge in [0.25, 0.3) is 5.91 Å². The predicted octanol–water partition coefficient (Wildman–Crippen LogP) is 5.50. The SMILES string of the molecule is CC(C)c1c(C(=O)Nc2ccc(CN3CCCC3)cc2)cnn1-c1ccc(Cl)cc1. The number of anilines is 1. The van der Waals surface area contributed by atoms with E-state index < -0.39 is 0 Å². The molecule has 4 rings (SSSR count). The Balaban J connectivity index is 1.51. The van der Waals surface area contributed by atoms with E-state index in [1.54, 1.807) is 6.20 Å². The van der Waals surface area contributed by atoms with Gasteiger partial charge in [-0.1, -0.05) is 37.6 Å². The van der Waals surface area contributed by atoms with Gasteiger partial charge in [-0.05, 0) is 73.8 Å². The van der Waals surface area contributed by atoms with Crippen LogP contribution >= 0.6 is 11.6 Å². The zero-order chi connectivity index (χ0) is 21.1. The first kappa shape index (κ1) is 20.6. The predicted molar refractivity (Wildman–Crippen MR) is 122 cm³/mol. The number of nitrogens with zero attached hydrogens (tertiary/aromatic N) is 3. The molecule has 2 heterocycles. The van der Waals surface area contributed by atoms with Crippen LogP contribution in [0, 0.1) is 0 Å².